The molecule has 0 aliphatic rings. The number of ether oxygens (including phenoxy) is 1. The van der Waals surface area contributed by atoms with Gasteiger partial charge in [-0.05, 0) is 38.5 Å². The molecular weight excluding hydrogens is 363 g/mol. The van der Waals surface area contributed by atoms with E-state index in [2.05, 4.69) is 31.7 Å². The maximum absolute atomic E-state index is 12.3. The van der Waals surface area contributed by atoms with Crippen LogP contribution in [0.4, 0.5) is 17.5 Å². The van der Waals surface area contributed by atoms with Crippen LogP contribution in [0, 0.1) is 11.3 Å². The Hall–Kier alpha value is -3.04. The lowest BCUT2D eigenvalue weighted by molar-refractivity contribution is 0.417. The van der Waals surface area contributed by atoms with Gasteiger partial charge in [0.1, 0.15) is 30.4 Å². The van der Waals surface area contributed by atoms with E-state index in [4.69, 9.17) is 4.74 Å². The van der Waals surface area contributed by atoms with Crippen molar-refractivity contribution in [3.8, 4) is 11.8 Å². The second-order valence-corrected chi connectivity index (χ2v) is 9.54. The fraction of sp³-hybridized carbons (Fsp3) is 0.278. The summed E-state index contributed by atoms with van der Waals surface area (Å²) in [5.74, 6) is 1.48. The summed E-state index contributed by atoms with van der Waals surface area (Å²) in [6.07, 6.45) is 1.61. The predicted molar refractivity (Wildman–Crippen MR) is 108 cm³/mol. The van der Waals surface area contributed by atoms with Crippen molar-refractivity contribution in [1.29, 1.82) is 5.26 Å². The molecule has 3 N–H and O–H groups in total. The number of benzene rings is 1. The zero-order valence-corrected chi connectivity index (χ0v) is 16.5. The van der Waals surface area contributed by atoms with Crippen LogP contribution in [0.3, 0.4) is 0 Å². The van der Waals surface area contributed by atoms with Crippen LogP contribution in [0.2, 0.25) is 0 Å². The summed E-state index contributed by atoms with van der Waals surface area (Å²) in [5.41, 5.74) is 1.70. The minimum absolute atomic E-state index is 0.354. The highest BCUT2D eigenvalue weighted by Gasteiger charge is 2.17. The van der Waals surface area contributed by atoms with E-state index in [0.717, 1.165) is 5.30 Å². The van der Waals surface area contributed by atoms with E-state index >= 15 is 0 Å². The van der Waals surface area contributed by atoms with Crippen molar-refractivity contribution in [2.24, 2.45) is 0 Å². The molecule has 1 aromatic carbocycles. The lowest BCUT2D eigenvalue weighted by Gasteiger charge is -2.14. The van der Waals surface area contributed by atoms with Crippen LogP contribution in [0.5, 0.6) is 5.75 Å². The monoisotopic (exact) mass is 384 g/mol. The average Bonchev–Trinajstić information content (AvgIpc) is 3.04. The number of H-pyrrole nitrogens is 1. The summed E-state index contributed by atoms with van der Waals surface area (Å²) in [6.45, 7) is 6.04. The molecule has 27 heavy (non-hydrogen) atoms. The highest BCUT2D eigenvalue weighted by molar-refractivity contribution is 7.70. The molecule has 8 nitrogen and oxygen atoms in total. The maximum atomic E-state index is 12.3. The van der Waals surface area contributed by atoms with Crippen molar-refractivity contribution < 1.29 is 9.30 Å². The van der Waals surface area contributed by atoms with E-state index < -0.39 is 7.14 Å². The molecule has 0 atom stereocenters. The highest BCUT2D eigenvalue weighted by atomic mass is 31.2. The third-order valence-corrected chi connectivity index (χ3v) is 5.57. The summed E-state index contributed by atoms with van der Waals surface area (Å²) in [4.78, 5) is 11.9. The van der Waals surface area contributed by atoms with E-state index in [1.165, 1.54) is 0 Å². The van der Waals surface area contributed by atoms with Crippen LogP contribution in [0.25, 0.3) is 11.0 Å². The molecule has 0 unspecified atom stereocenters. The van der Waals surface area contributed by atoms with Crippen LogP contribution in [-0.4, -0.2) is 41.9 Å². The van der Waals surface area contributed by atoms with Gasteiger partial charge in [-0.3, -0.25) is 0 Å². The van der Waals surface area contributed by atoms with Gasteiger partial charge in [0.15, 0.2) is 0 Å². The average molecular weight is 384 g/mol. The number of rotatable bonds is 6. The van der Waals surface area contributed by atoms with E-state index in [9.17, 15) is 9.83 Å². The smallest absolute Gasteiger partial charge is 0.231 e. The maximum Gasteiger partial charge on any atom is 0.231 e. The first-order chi connectivity index (χ1) is 12.9. The van der Waals surface area contributed by atoms with E-state index in [1.807, 2.05) is 6.92 Å². The van der Waals surface area contributed by atoms with Gasteiger partial charge in [-0.25, -0.2) is 0 Å². The summed E-state index contributed by atoms with van der Waals surface area (Å²) in [6, 6.07) is 7.50. The Labute approximate surface area is 157 Å². The Kier molecular flexibility index (Phi) is 5.06. The fourth-order valence-corrected chi connectivity index (χ4v) is 3.57. The Morgan fingerprint density at radius 1 is 1.33 bits per heavy atom. The first-order valence-corrected chi connectivity index (χ1v) is 11.0. The van der Waals surface area contributed by atoms with Crippen molar-refractivity contribution in [2.45, 2.75) is 6.92 Å². The van der Waals surface area contributed by atoms with Crippen LogP contribution >= 0.6 is 7.14 Å². The molecule has 0 amide bonds. The normalized spacial score (nSPS) is 11.2. The molecule has 3 rings (SSSR count). The van der Waals surface area contributed by atoms with Crippen LogP contribution in [0.15, 0.2) is 24.4 Å². The Morgan fingerprint density at radius 3 is 2.74 bits per heavy atom. The molecule has 0 aliphatic carbocycles. The number of methoxy groups -OCH3 is 1. The summed E-state index contributed by atoms with van der Waals surface area (Å²) in [7, 11) is -0.841. The van der Waals surface area contributed by atoms with Crippen molar-refractivity contribution in [3.05, 3.63) is 30.0 Å². The number of nitrogens with zero attached hydrogens (tertiary/aromatic N) is 3. The van der Waals surface area contributed by atoms with Gasteiger partial charge in [0.25, 0.3) is 0 Å². The molecule has 0 radical (unpaired) electrons. The first kappa shape index (κ1) is 18.7. The number of anilines is 3. The standard InChI is InChI=1S/C18H21N6O2P/c1-5-20-16-15-11(9-19)10-21-17(15)24-18(23-16)22-13-7-6-12(27(3,4)25)8-14(13)26-2/h6-8,10H,5H2,1-4H3,(H3,20,21,22,23,24). The fourth-order valence-electron chi connectivity index (χ4n) is 2.71. The lowest BCUT2D eigenvalue weighted by atomic mass is 10.2. The van der Waals surface area contributed by atoms with Crippen molar-refractivity contribution in [3.63, 3.8) is 0 Å². The first-order valence-electron chi connectivity index (χ1n) is 8.41. The van der Waals surface area contributed by atoms with Gasteiger partial charge < -0.3 is 24.9 Å². The zero-order chi connectivity index (χ0) is 19.6. The van der Waals surface area contributed by atoms with Crippen LogP contribution in [0.1, 0.15) is 12.5 Å². The molecule has 0 bridgehead atoms. The largest absolute Gasteiger partial charge is 0.495 e. The second kappa shape index (κ2) is 7.29. The number of hydrogen-bond donors (Lipinski definition) is 3. The number of nitriles is 1. The van der Waals surface area contributed by atoms with Crippen molar-refractivity contribution in [2.75, 3.05) is 37.6 Å². The number of nitrogens with one attached hydrogen (secondary N) is 3. The van der Waals surface area contributed by atoms with Gasteiger partial charge in [-0.2, -0.15) is 15.2 Å². The van der Waals surface area contributed by atoms with E-state index in [1.54, 1.807) is 44.8 Å². The third-order valence-electron chi connectivity index (χ3n) is 4.05. The van der Waals surface area contributed by atoms with Crippen molar-refractivity contribution >= 4 is 40.9 Å². The quantitative estimate of drug-likeness (QED) is 0.559. The summed E-state index contributed by atoms with van der Waals surface area (Å²) < 4.78 is 17.7. The molecular formula is C18H21N6O2P. The Balaban J connectivity index is 2.04. The van der Waals surface area contributed by atoms with Gasteiger partial charge in [-0.15, -0.1) is 0 Å². The van der Waals surface area contributed by atoms with Gasteiger partial charge in [0.05, 0.1) is 23.7 Å². The van der Waals surface area contributed by atoms with Gasteiger partial charge in [-0.1, -0.05) is 0 Å². The zero-order valence-electron chi connectivity index (χ0n) is 15.6. The molecule has 3 aromatic rings. The van der Waals surface area contributed by atoms with Crippen molar-refractivity contribution in [1.82, 2.24) is 15.0 Å². The predicted octanol–water partition coefficient (Wildman–Crippen LogP) is 3.26. The van der Waals surface area contributed by atoms with E-state index in [0.29, 0.717) is 46.3 Å². The SMILES string of the molecule is CCNc1nc(Nc2ccc(P(C)(C)=O)cc2OC)nc2[nH]cc(C#N)c12. The number of aromatic amines is 1. The summed E-state index contributed by atoms with van der Waals surface area (Å²) in [5, 5.41) is 17.0. The Bertz CT molecular complexity index is 1080. The topological polar surface area (TPSA) is 116 Å². The molecule has 140 valence electrons. The van der Waals surface area contributed by atoms with Crippen LogP contribution < -0.4 is 20.7 Å². The van der Waals surface area contributed by atoms with Gasteiger partial charge >= 0.3 is 0 Å². The molecule has 0 aliphatic heterocycles. The molecule has 2 aromatic heterocycles. The molecule has 9 heteroatoms. The minimum Gasteiger partial charge on any atom is -0.495 e. The lowest BCUT2D eigenvalue weighted by Crippen LogP contribution is -2.08. The van der Waals surface area contributed by atoms with Gasteiger partial charge in [0, 0.05) is 18.0 Å². The molecule has 0 spiro atoms. The third kappa shape index (κ3) is 3.74. The number of hydrogen-bond acceptors (Lipinski definition) is 7. The molecule has 0 saturated carbocycles. The summed E-state index contributed by atoms with van der Waals surface area (Å²) >= 11 is 0. The van der Waals surface area contributed by atoms with E-state index in [-0.39, 0.29) is 0 Å². The minimum atomic E-state index is -2.40. The van der Waals surface area contributed by atoms with Crippen LogP contribution in [-0.2, 0) is 4.57 Å². The highest BCUT2D eigenvalue weighted by Crippen LogP contribution is 2.38. The van der Waals surface area contributed by atoms with Gasteiger partial charge in [0.2, 0.25) is 5.95 Å². The number of aromatic nitrogens is 3. The second-order valence-electron chi connectivity index (χ2n) is 6.32. The molecule has 0 fully saturated rings. The Morgan fingerprint density at radius 2 is 2.11 bits per heavy atom. The number of fused-ring (bicyclic) bond motifs is 1. The molecule has 2 heterocycles. The molecule has 0 saturated heterocycles.